The molecule has 1 atom stereocenters. The first-order valence-electron chi connectivity index (χ1n) is 2.08. The molecule has 0 aromatic rings. The van der Waals surface area contributed by atoms with Gasteiger partial charge in [0.25, 0.3) is 0 Å². The maximum Gasteiger partial charge on any atom is 0.0416 e. The van der Waals surface area contributed by atoms with Gasteiger partial charge in [-0.15, -0.1) is 3.94 Å². The van der Waals surface area contributed by atoms with Crippen LogP contribution in [0.4, 0.5) is 0 Å². The van der Waals surface area contributed by atoms with Gasteiger partial charge in [0.2, 0.25) is 0 Å². The van der Waals surface area contributed by atoms with Crippen LogP contribution in [0.25, 0.3) is 0 Å². The highest BCUT2D eigenvalue weighted by Gasteiger charge is 2.03. The zero-order chi connectivity index (χ0) is 5.86. The molecular weight excluding hydrogens is 133 g/mol. The van der Waals surface area contributed by atoms with E-state index in [1.54, 1.807) is 0 Å². The number of nitrogens with zero attached hydrogens (tertiary/aromatic N) is 1. The zero-order valence-corrected chi connectivity index (χ0v) is 5.87. The Balaban J connectivity index is 3.14. The maximum absolute atomic E-state index is 5.30. The summed E-state index contributed by atoms with van der Waals surface area (Å²) in [6.07, 6.45) is 1.90. The minimum absolute atomic E-state index is 0.142. The summed E-state index contributed by atoms with van der Waals surface area (Å²) in [6, 6.07) is 0.142. The van der Waals surface area contributed by atoms with E-state index in [0.29, 0.717) is 0 Å². The van der Waals surface area contributed by atoms with Crippen molar-refractivity contribution in [2.45, 2.75) is 19.9 Å². The molecule has 0 aliphatic heterocycles. The Kier molecular flexibility index (Phi) is 3.80. The highest BCUT2D eigenvalue weighted by atomic mass is 35.5. The van der Waals surface area contributed by atoms with Gasteiger partial charge >= 0.3 is 0 Å². The van der Waals surface area contributed by atoms with E-state index in [0.717, 1.165) is 3.94 Å². The Labute approximate surface area is 54.4 Å². The summed E-state index contributed by atoms with van der Waals surface area (Å²) in [5, 5.41) is 0. The number of hydrogen-bond donors (Lipinski definition) is 0. The molecule has 0 rings (SSSR count). The zero-order valence-electron chi connectivity index (χ0n) is 4.36. The van der Waals surface area contributed by atoms with Crippen molar-refractivity contribution in [1.29, 1.82) is 0 Å². The quantitative estimate of drug-likeness (QED) is 0.533. The van der Waals surface area contributed by atoms with Crippen molar-refractivity contribution >= 4 is 23.6 Å². The minimum atomic E-state index is 0.142. The van der Waals surface area contributed by atoms with Gasteiger partial charge in [0.05, 0.1) is 0 Å². The molecule has 0 N–H and O–H groups in total. The van der Waals surface area contributed by atoms with E-state index in [1.165, 1.54) is 0 Å². The third-order valence-electron chi connectivity index (χ3n) is 0.790. The first-order chi connectivity index (χ1) is 3.18. The molecule has 0 amide bonds. The number of hydrogen-bond acceptors (Lipinski definition) is 1. The van der Waals surface area contributed by atoms with Crippen molar-refractivity contribution in [2.75, 3.05) is 0 Å². The van der Waals surface area contributed by atoms with Crippen LogP contribution in [0.2, 0.25) is 0 Å². The van der Waals surface area contributed by atoms with Gasteiger partial charge in [-0.3, -0.25) is 0 Å². The van der Waals surface area contributed by atoms with Crippen LogP contribution in [0, 0.1) is 6.42 Å². The summed E-state index contributed by atoms with van der Waals surface area (Å²) in [4.78, 5) is 0. The molecule has 7 heavy (non-hydrogen) atoms. The maximum atomic E-state index is 5.30. The molecular formula is C4H8Cl2N. The summed E-state index contributed by atoms with van der Waals surface area (Å²) < 4.78 is 1.11. The van der Waals surface area contributed by atoms with Crippen LogP contribution in [0.3, 0.4) is 0 Å². The van der Waals surface area contributed by atoms with E-state index in [9.17, 15) is 0 Å². The first kappa shape index (κ1) is 7.54. The molecule has 0 aromatic carbocycles. The molecule has 1 radical (unpaired) electrons. The van der Waals surface area contributed by atoms with E-state index in [-0.39, 0.29) is 6.04 Å². The molecule has 0 heterocycles. The number of rotatable bonds is 2. The van der Waals surface area contributed by atoms with Gasteiger partial charge in [0.15, 0.2) is 0 Å². The van der Waals surface area contributed by atoms with Crippen molar-refractivity contribution in [3.63, 3.8) is 0 Å². The predicted molar refractivity (Wildman–Crippen MR) is 33.0 cm³/mol. The van der Waals surface area contributed by atoms with Gasteiger partial charge in [-0.2, -0.15) is 0 Å². The predicted octanol–water partition coefficient (Wildman–Crippen LogP) is 2.21. The Hall–Kier alpha value is 0.540. The molecule has 0 bridgehead atoms. The average molecular weight is 141 g/mol. The van der Waals surface area contributed by atoms with Crippen LogP contribution in [0.5, 0.6) is 0 Å². The fourth-order valence-corrected chi connectivity index (χ4v) is 0.338. The number of halogens is 2. The fraction of sp³-hybridized carbons (Fsp3) is 0.750. The van der Waals surface area contributed by atoms with Gasteiger partial charge in [0, 0.05) is 6.04 Å². The van der Waals surface area contributed by atoms with Crippen molar-refractivity contribution in [3.8, 4) is 0 Å². The lowest BCUT2D eigenvalue weighted by Gasteiger charge is -2.09. The van der Waals surface area contributed by atoms with Gasteiger partial charge in [-0.25, -0.2) is 0 Å². The van der Waals surface area contributed by atoms with E-state index < -0.39 is 0 Å². The SMILES string of the molecule is C[CH]C(C)N(Cl)Cl. The largest absolute Gasteiger partial charge is 0.129 e. The van der Waals surface area contributed by atoms with Crippen LogP contribution in [-0.4, -0.2) is 9.98 Å². The molecule has 1 nitrogen and oxygen atoms in total. The lowest BCUT2D eigenvalue weighted by atomic mass is 10.3. The Bertz CT molecular complexity index is 47.0. The normalized spacial score (nSPS) is 15.0. The van der Waals surface area contributed by atoms with Crippen molar-refractivity contribution in [3.05, 3.63) is 6.42 Å². The second-order valence-corrected chi connectivity index (χ2v) is 2.23. The Morgan fingerprint density at radius 1 is 1.57 bits per heavy atom. The van der Waals surface area contributed by atoms with E-state index in [1.807, 2.05) is 20.3 Å². The van der Waals surface area contributed by atoms with Gasteiger partial charge in [0.1, 0.15) is 0 Å². The molecule has 0 aliphatic rings. The second-order valence-electron chi connectivity index (χ2n) is 1.33. The van der Waals surface area contributed by atoms with Crippen molar-refractivity contribution < 1.29 is 0 Å². The average Bonchev–Trinajstić information content (AvgIpc) is 1.65. The smallest absolute Gasteiger partial charge is 0.0416 e. The molecule has 1 unspecified atom stereocenters. The third-order valence-corrected chi connectivity index (χ3v) is 1.41. The fourth-order valence-electron chi connectivity index (χ4n) is 0.113. The van der Waals surface area contributed by atoms with Gasteiger partial charge in [-0.05, 0) is 36.9 Å². The molecule has 0 fully saturated rings. The van der Waals surface area contributed by atoms with E-state index in [2.05, 4.69) is 0 Å². The highest BCUT2D eigenvalue weighted by Crippen LogP contribution is 2.07. The van der Waals surface area contributed by atoms with E-state index in [4.69, 9.17) is 23.6 Å². The van der Waals surface area contributed by atoms with Crippen LogP contribution in [0.15, 0.2) is 0 Å². The summed E-state index contributed by atoms with van der Waals surface area (Å²) in [5.74, 6) is 0. The molecule has 0 aliphatic carbocycles. The van der Waals surface area contributed by atoms with Crippen molar-refractivity contribution in [1.82, 2.24) is 3.94 Å². The molecule has 0 saturated heterocycles. The lowest BCUT2D eigenvalue weighted by Crippen LogP contribution is -2.12. The van der Waals surface area contributed by atoms with Crippen LogP contribution in [-0.2, 0) is 0 Å². The Morgan fingerprint density at radius 3 is 2.00 bits per heavy atom. The summed E-state index contributed by atoms with van der Waals surface area (Å²) in [6.45, 7) is 3.81. The molecule has 0 aromatic heterocycles. The standard InChI is InChI=1S/C4H8Cl2N/c1-3-4(2)7(5)6/h3-4H,1-2H3. The lowest BCUT2D eigenvalue weighted by molar-refractivity contribution is 0.590. The summed E-state index contributed by atoms with van der Waals surface area (Å²) >= 11 is 10.6. The van der Waals surface area contributed by atoms with Crippen LogP contribution >= 0.6 is 23.6 Å². The van der Waals surface area contributed by atoms with Gasteiger partial charge in [-0.1, -0.05) is 6.92 Å². The van der Waals surface area contributed by atoms with Gasteiger partial charge < -0.3 is 0 Å². The second kappa shape index (κ2) is 3.53. The Morgan fingerprint density at radius 2 is 2.00 bits per heavy atom. The third kappa shape index (κ3) is 3.15. The summed E-state index contributed by atoms with van der Waals surface area (Å²) in [7, 11) is 0. The highest BCUT2D eigenvalue weighted by molar-refractivity contribution is 6.34. The monoisotopic (exact) mass is 140 g/mol. The molecule has 43 valence electrons. The summed E-state index contributed by atoms with van der Waals surface area (Å²) in [5.41, 5.74) is 0. The first-order valence-corrected chi connectivity index (χ1v) is 2.76. The van der Waals surface area contributed by atoms with Crippen molar-refractivity contribution in [2.24, 2.45) is 0 Å². The molecule has 0 saturated carbocycles. The van der Waals surface area contributed by atoms with Crippen LogP contribution in [0.1, 0.15) is 13.8 Å². The molecule has 0 spiro atoms. The molecule has 3 heteroatoms. The topological polar surface area (TPSA) is 3.24 Å². The minimum Gasteiger partial charge on any atom is -0.129 e. The van der Waals surface area contributed by atoms with Crippen LogP contribution < -0.4 is 0 Å². The van der Waals surface area contributed by atoms with E-state index >= 15 is 0 Å².